The Morgan fingerprint density at radius 1 is 0.742 bits per heavy atom. The fraction of sp³-hybridized carbons (Fsp3) is 0. The summed E-state index contributed by atoms with van der Waals surface area (Å²) in [4.78, 5) is 30.8. The number of nitrogens with zero attached hydrogens (tertiary/aromatic N) is 2. The van der Waals surface area contributed by atoms with Crippen molar-refractivity contribution in [2.24, 2.45) is 0 Å². The van der Waals surface area contributed by atoms with Crippen molar-refractivity contribution in [2.45, 2.75) is 0 Å². The fourth-order valence-electron chi connectivity index (χ4n) is 3.67. The molecule has 6 heteroatoms. The van der Waals surface area contributed by atoms with Crippen LogP contribution in [0.4, 0.5) is 11.4 Å². The third kappa shape index (κ3) is 3.36. The summed E-state index contributed by atoms with van der Waals surface area (Å²) in [6.07, 6.45) is 1.64. The number of amides is 2. The van der Waals surface area contributed by atoms with Crippen molar-refractivity contribution in [3.8, 4) is 0 Å². The lowest BCUT2D eigenvalue weighted by Gasteiger charge is -2.37. The summed E-state index contributed by atoms with van der Waals surface area (Å²) in [6, 6.07) is 26.5. The maximum Gasteiger partial charge on any atom is 0.270 e. The number of fused-ring (bicyclic) bond motifs is 1. The van der Waals surface area contributed by atoms with Crippen molar-refractivity contribution in [2.75, 3.05) is 9.80 Å². The summed E-state index contributed by atoms with van der Waals surface area (Å²) in [5.41, 5.74) is 1.35. The second-order valence-corrected chi connectivity index (χ2v) is 8.32. The van der Waals surface area contributed by atoms with Crippen LogP contribution in [0, 0.1) is 0 Å². The van der Waals surface area contributed by atoms with Crippen LogP contribution in [0.1, 0.15) is 4.88 Å². The van der Waals surface area contributed by atoms with E-state index in [4.69, 9.17) is 12.2 Å². The summed E-state index contributed by atoms with van der Waals surface area (Å²) in [5.74, 6) is -0.849. The van der Waals surface area contributed by atoms with E-state index in [9.17, 15) is 9.59 Å². The molecular weight excluding hydrogens is 424 g/mol. The number of benzene rings is 3. The lowest BCUT2D eigenvalue weighted by molar-refractivity contribution is -0.120. The van der Waals surface area contributed by atoms with Gasteiger partial charge in [-0.2, -0.15) is 0 Å². The number of anilines is 2. The Balaban J connectivity index is 1.72. The van der Waals surface area contributed by atoms with Gasteiger partial charge in [0, 0.05) is 10.3 Å². The van der Waals surface area contributed by atoms with Crippen LogP contribution in [-0.2, 0) is 9.59 Å². The molecule has 1 aliphatic heterocycles. The number of para-hydroxylation sites is 1. The van der Waals surface area contributed by atoms with Crippen LogP contribution in [0.3, 0.4) is 0 Å². The third-order valence-corrected chi connectivity index (χ3v) is 6.29. The topological polar surface area (TPSA) is 40.6 Å². The zero-order valence-electron chi connectivity index (χ0n) is 16.3. The van der Waals surface area contributed by atoms with E-state index in [1.165, 1.54) is 21.1 Å². The van der Waals surface area contributed by atoms with Crippen molar-refractivity contribution in [3.05, 3.63) is 101 Å². The maximum atomic E-state index is 13.6. The summed E-state index contributed by atoms with van der Waals surface area (Å²) in [7, 11) is 0. The average molecular weight is 441 g/mol. The number of rotatable bonds is 3. The van der Waals surface area contributed by atoms with E-state index in [1.54, 1.807) is 6.08 Å². The van der Waals surface area contributed by atoms with Gasteiger partial charge in [0.15, 0.2) is 5.11 Å². The normalized spacial score (nSPS) is 15.9. The second kappa shape index (κ2) is 7.91. The van der Waals surface area contributed by atoms with E-state index >= 15 is 0 Å². The molecule has 0 bridgehead atoms. The first-order chi connectivity index (χ1) is 15.1. The van der Waals surface area contributed by atoms with Gasteiger partial charge in [-0.3, -0.25) is 19.4 Å². The van der Waals surface area contributed by atoms with E-state index in [0.717, 1.165) is 15.6 Å². The minimum absolute atomic E-state index is 0.0767. The van der Waals surface area contributed by atoms with E-state index in [0.29, 0.717) is 11.4 Å². The van der Waals surface area contributed by atoms with Crippen LogP contribution in [0.25, 0.3) is 16.8 Å². The molecule has 0 radical (unpaired) electrons. The highest BCUT2D eigenvalue weighted by Crippen LogP contribution is 2.34. The molecule has 0 aliphatic carbocycles. The highest BCUT2D eigenvalue weighted by Gasteiger charge is 2.41. The molecule has 4 aromatic rings. The Kier molecular flexibility index (Phi) is 4.94. The summed E-state index contributed by atoms with van der Waals surface area (Å²) >= 11 is 7.18. The van der Waals surface area contributed by atoms with Crippen LogP contribution in [0.15, 0.2) is 95.9 Å². The molecule has 0 unspecified atom stereocenters. The van der Waals surface area contributed by atoms with Gasteiger partial charge in [-0.05, 0) is 53.3 Å². The minimum atomic E-state index is -0.425. The molecule has 0 N–H and O–H groups in total. The quantitative estimate of drug-likeness (QED) is 0.235. The monoisotopic (exact) mass is 440 g/mol. The molecule has 2 amide bonds. The zero-order valence-corrected chi connectivity index (χ0v) is 17.9. The molecule has 0 spiro atoms. The Bertz CT molecular complexity index is 1340. The number of hydrogen-bond acceptors (Lipinski definition) is 4. The highest BCUT2D eigenvalue weighted by atomic mass is 32.1. The number of thiophene rings is 1. The maximum absolute atomic E-state index is 13.6. The van der Waals surface area contributed by atoms with Gasteiger partial charge in [0.2, 0.25) is 0 Å². The van der Waals surface area contributed by atoms with Crippen LogP contribution >= 0.6 is 23.6 Å². The Morgan fingerprint density at radius 3 is 2.23 bits per heavy atom. The van der Waals surface area contributed by atoms with E-state index < -0.39 is 11.8 Å². The Morgan fingerprint density at radius 2 is 1.45 bits per heavy atom. The van der Waals surface area contributed by atoms with Crippen LogP contribution < -0.4 is 9.80 Å². The first-order valence-electron chi connectivity index (χ1n) is 9.66. The molecule has 150 valence electrons. The van der Waals surface area contributed by atoms with Crippen molar-refractivity contribution in [1.82, 2.24) is 0 Å². The molecule has 0 saturated carbocycles. The average Bonchev–Trinajstić information content (AvgIpc) is 3.31. The third-order valence-electron chi connectivity index (χ3n) is 5.10. The van der Waals surface area contributed by atoms with Gasteiger partial charge in [0.1, 0.15) is 5.57 Å². The SMILES string of the molecule is O=C1C(=Cc2cccs2)C(=O)N(c2cccc3ccccc23)C(=S)N1c1ccccc1. The van der Waals surface area contributed by atoms with Gasteiger partial charge in [-0.15, -0.1) is 11.3 Å². The molecule has 2 heterocycles. The molecule has 3 aromatic carbocycles. The molecule has 1 saturated heterocycles. The Labute approximate surface area is 188 Å². The molecule has 1 aliphatic rings. The van der Waals surface area contributed by atoms with Crippen molar-refractivity contribution < 1.29 is 9.59 Å². The minimum Gasteiger partial charge on any atom is -0.268 e. The van der Waals surface area contributed by atoms with E-state index in [-0.39, 0.29) is 10.7 Å². The molecule has 4 nitrogen and oxygen atoms in total. The summed E-state index contributed by atoms with van der Waals surface area (Å²) in [5, 5.41) is 3.92. The van der Waals surface area contributed by atoms with E-state index in [1.807, 2.05) is 90.3 Å². The number of carbonyl (C=O) groups is 2. The molecule has 1 aromatic heterocycles. The fourth-order valence-corrected chi connectivity index (χ4v) is 4.69. The molecule has 31 heavy (non-hydrogen) atoms. The summed E-state index contributed by atoms with van der Waals surface area (Å²) in [6.45, 7) is 0. The zero-order chi connectivity index (χ0) is 21.4. The van der Waals surface area contributed by atoms with Gasteiger partial charge in [-0.25, -0.2) is 0 Å². The predicted molar refractivity (Wildman–Crippen MR) is 130 cm³/mol. The first-order valence-corrected chi connectivity index (χ1v) is 10.9. The standard InChI is InChI=1S/C25H16N2O2S2/c28-23-21(16-19-12-7-15-31-19)24(29)27(25(30)26(23)18-10-2-1-3-11-18)22-14-6-9-17-8-4-5-13-20(17)22/h1-16H. The van der Waals surface area contributed by atoms with Crippen LogP contribution in [0.2, 0.25) is 0 Å². The Hall–Kier alpha value is -3.61. The van der Waals surface area contributed by atoms with Crippen molar-refractivity contribution >= 4 is 68.7 Å². The predicted octanol–water partition coefficient (Wildman–Crippen LogP) is 5.65. The molecular formula is C25H16N2O2S2. The lowest BCUT2D eigenvalue weighted by atomic mass is 10.0. The second-order valence-electron chi connectivity index (χ2n) is 6.97. The van der Waals surface area contributed by atoms with Gasteiger partial charge in [-0.1, -0.05) is 60.7 Å². The van der Waals surface area contributed by atoms with Gasteiger partial charge in [0.05, 0.1) is 11.4 Å². The van der Waals surface area contributed by atoms with Gasteiger partial charge in [0.25, 0.3) is 11.8 Å². The van der Waals surface area contributed by atoms with E-state index in [2.05, 4.69) is 0 Å². The van der Waals surface area contributed by atoms with Gasteiger partial charge >= 0.3 is 0 Å². The van der Waals surface area contributed by atoms with Gasteiger partial charge < -0.3 is 0 Å². The largest absolute Gasteiger partial charge is 0.270 e. The molecule has 5 rings (SSSR count). The first kappa shape index (κ1) is 19.4. The van der Waals surface area contributed by atoms with Crippen molar-refractivity contribution in [3.63, 3.8) is 0 Å². The van der Waals surface area contributed by atoms with Crippen LogP contribution in [0.5, 0.6) is 0 Å². The summed E-state index contributed by atoms with van der Waals surface area (Å²) < 4.78 is 0. The molecule has 1 fully saturated rings. The van der Waals surface area contributed by atoms with Crippen LogP contribution in [-0.4, -0.2) is 16.9 Å². The number of hydrogen-bond donors (Lipinski definition) is 0. The van der Waals surface area contributed by atoms with Crippen molar-refractivity contribution in [1.29, 1.82) is 0 Å². The molecule has 0 atom stereocenters. The number of thiocarbonyl (C=S) groups is 1. The number of carbonyl (C=O) groups excluding carboxylic acids is 2. The lowest BCUT2D eigenvalue weighted by Crippen LogP contribution is -2.57. The smallest absolute Gasteiger partial charge is 0.268 e. The highest BCUT2D eigenvalue weighted by molar-refractivity contribution is 7.81.